The summed E-state index contributed by atoms with van der Waals surface area (Å²) in [5.74, 6) is 0.837. The Bertz CT molecular complexity index is 833. The van der Waals surface area contributed by atoms with Crippen molar-refractivity contribution >= 4 is 39.1 Å². The molecule has 0 saturated carbocycles. The summed E-state index contributed by atoms with van der Waals surface area (Å²) >= 11 is 6.14. The Balaban J connectivity index is 0.00000109. The number of fused-ring (bicyclic) bond motifs is 2. The number of halogens is 1. The number of ether oxygens (including phenoxy) is 1. The van der Waals surface area contributed by atoms with Gasteiger partial charge in [-0.05, 0) is 42.8 Å². The maximum Gasteiger partial charge on any atom is 0.119 e. The Morgan fingerprint density at radius 1 is 1.00 bits per heavy atom. The smallest absolute Gasteiger partial charge is 0.119 e. The summed E-state index contributed by atoms with van der Waals surface area (Å²) in [4.78, 5) is 4.74. The molecule has 0 spiro atoms. The normalized spacial score (nSPS) is 10.4. The molecule has 1 N–H and O–H groups in total. The van der Waals surface area contributed by atoms with Crippen LogP contribution in [0.25, 0.3) is 21.8 Å². The number of benzene rings is 2. The predicted octanol–water partition coefficient (Wildman–Crippen LogP) is 6.68. The number of hydrogen-bond donors (Lipinski definition) is 1. The van der Waals surface area contributed by atoms with Gasteiger partial charge in [-0.2, -0.15) is 0 Å². The summed E-state index contributed by atoms with van der Waals surface area (Å²) in [7, 11) is 1.68. The number of hydrogen-bond acceptors (Lipinski definition) is 3. The molecular weight excluding hydrogens is 332 g/mol. The summed E-state index contributed by atoms with van der Waals surface area (Å²) in [6.07, 6.45) is 3.59. The van der Waals surface area contributed by atoms with Gasteiger partial charge < -0.3 is 10.1 Å². The first kappa shape index (κ1) is 19.3. The number of nitrogens with one attached hydrogen (secondary N) is 1. The minimum absolute atomic E-state index is 0.704. The van der Waals surface area contributed by atoms with E-state index in [4.69, 9.17) is 21.3 Å². The standard InChI is InChI=1S/C19H21ClN2O.C2H6/c1-3-4-5-10-21-19-15-8-6-13(20)11-18(15)22-17-9-7-14(23-2)12-16(17)19;1-2/h6-9,11-12H,3-5,10H2,1-2H3,(H,21,22);1-2H3. The van der Waals surface area contributed by atoms with Gasteiger partial charge in [-0.3, -0.25) is 0 Å². The second-order valence-electron chi connectivity index (χ2n) is 5.67. The van der Waals surface area contributed by atoms with E-state index in [0.717, 1.165) is 46.2 Å². The van der Waals surface area contributed by atoms with E-state index >= 15 is 0 Å². The third-order valence-electron chi connectivity index (χ3n) is 4.03. The Kier molecular flexibility index (Phi) is 7.32. The maximum atomic E-state index is 6.14. The fourth-order valence-corrected chi connectivity index (χ4v) is 2.97. The third kappa shape index (κ3) is 4.55. The van der Waals surface area contributed by atoms with Crippen molar-refractivity contribution in [3.8, 4) is 5.75 Å². The zero-order chi connectivity index (χ0) is 18.2. The fraction of sp³-hybridized carbons (Fsp3) is 0.381. The van der Waals surface area contributed by atoms with Crippen LogP contribution in [-0.2, 0) is 0 Å². The molecule has 1 heterocycles. The molecule has 134 valence electrons. The van der Waals surface area contributed by atoms with Crippen molar-refractivity contribution in [2.24, 2.45) is 0 Å². The molecule has 3 nitrogen and oxygen atoms in total. The van der Waals surface area contributed by atoms with Crippen molar-refractivity contribution in [1.82, 2.24) is 4.98 Å². The van der Waals surface area contributed by atoms with Crippen molar-refractivity contribution in [3.05, 3.63) is 41.4 Å². The fourth-order valence-electron chi connectivity index (χ4n) is 2.80. The highest BCUT2D eigenvalue weighted by Crippen LogP contribution is 2.34. The largest absolute Gasteiger partial charge is 0.497 e. The van der Waals surface area contributed by atoms with Crippen LogP contribution in [0.3, 0.4) is 0 Å². The second kappa shape index (κ2) is 9.47. The van der Waals surface area contributed by atoms with Crippen LogP contribution >= 0.6 is 11.6 Å². The van der Waals surface area contributed by atoms with Crippen LogP contribution in [0.4, 0.5) is 5.69 Å². The SMILES string of the molecule is CC.CCCCCNc1c2ccc(Cl)cc2nc2ccc(OC)cc12. The number of methoxy groups -OCH3 is 1. The minimum atomic E-state index is 0.704. The molecule has 3 aromatic rings. The number of aromatic nitrogens is 1. The first-order valence-corrected chi connectivity index (χ1v) is 9.41. The van der Waals surface area contributed by atoms with Crippen LogP contribution in [0.1, 0.15) is 40.0 Å². The Labute approximate surface area is 155 Å². The zero-order valence-corrected chi connectivity index (χ0v) is 16.3. The van der Waals surface area contributed by atoms with Crippen molar-refractivity contribution in [2.45, 2.75) is 40.0 Å². The second-order valence-corrected chi connectivity index (χ2v) is 6.10. The van der Waals surface area contributed by atoms with Crippen LogP contribution < -0.4 is 10.1 Å². The number of nitrogens with zero attached hydrogens (tertiary/aromatic N) is 1. The Morgan fingerprint density at radius 3 is 2.52 bits per heavy atom. The molecule has 2 aromatic carbocycles. The molecule has 0 radical (unpaired) electrons. The van der Waals surface area contributed by atoms with E-state index in [1.165, 1.54) is 12.8 Å². The topological polar surface area (TPSA) is 34.2 Å². The maximum absolute atomic E-state index is 6.14. The van der Waals surface area contributed by atoms with E-state index in [-0.39, 0.29) is 0 Å². The molecule has 0 aliphatic carbocycles. The quantitative estimate of drug-likeness (QED) is 0.394. The lowest BCUT2D eigenvalue weighted by atomic mass is 10.1. The van der Waals surface area contributed by atoms with Gasteiger partial charge in [0, 0.05) is 22.3 Å². The van der Waals surface area contributed by atoms with E-state index < -0.39 is 0 Å². The number of pyridine rings is 1. The average Bonchev–Trinajstić information content (AvgIpc) is 2.65. The molecule has 0 saturated heterocycles. The highest BCUT2D eigenvalue weighted by atomic mass is 35.5. The summed E-state index contributed by atoms with van der Waals surface area (Å²) in [5, 5.41) is 6.47. The molecule has 0 bridgehead atoms. The zero-order valence-electron chi connectivity index (χ0n) is 15.5. The highest BCUT2D eigenvalue weighted by Gasteiger charge is 2.10. The Hall–Kier alpha value is -2.00. The average molecular weight is 359 g/mol. The highest BCUT2D eigenvalue weighted by molar-refractivity contribution is 6.31. The van der Waals surface area contributed by atoms with Gasteiger partial charge in [0.25, 0.3) is 0 Å². The van der Waals surface area contributed by atoms with Gasteiger partial charge in [-0.1, -0.05) is 45.2 Å². The van der Waals surface area contributed by atoms with E-state index in [1.54, 1.807) is 7.11 Å². The molecule has 0 atom stereocenters. The lowest BCUT2D eigenvalue weighted by Gasteiger charge is -2.14. The molecule has 1 aromatic heterocycles. The van der Waals surface area contributed by atoms with Crippen LogP contribution in [0, 0.1) is 0 Å². The van der Waals surface area contributed by atoms with Crippen LogP contribution in [0.5, 0.6) is 5.75 Å². The summed E-state index contributed by atoms with van der Waals surface area (Å²) in [5.41, 5.74) is 2.96. The first-order chi connectivity index (χ1) is 12.2. The molecule has 3 rings (SSSR count). The monoisotopic (exact) mass is 358 g/mol. The molecule has 0 fully saturated rings. The summed E-state index contributed by atoms with van der Waals surface area (Å²) < 4.78 is 5.37. The van der Waals surface area contributed by atoms with Gasteiger partial charge in [-0.25, -0.2) is 4.98 Å². The lowest BCUT2D eigenvalue weighted by molar-refractivity contribution is 0.415. The Morgan fingerprint density at radius 2 is 1.80 bits per heavy atom. The molecule has 0 amide bonds. The van der Waals surface area contributed by atoms with Gasteiger partial charge >= 0.3 is 0 Å². The van der Waals surface area contributed by atoms with Gasteiger partial charge in [0.2, 0.25) is 0 Å². The van der Waals surface area contributed by atoms with Crippen molar-refractivity contribution in [2.75, 3.05) is 19.0 Å². The van der Waals surface area contributed by atoms with Gasteiger partial charge in [0.15, 0.2) is 0 Å². The van der Waals surface area contributed by atoms with Crippen LogP contribution in [-0.4, -0.2) is 18.6 Å². The molecular formula is C21H27ClN2O. The molecule has 0 aliphatic rings. The number of anilines is 1. The van der Waals surface area contributed by atoms with E-state index in [1.807, 2.05) is 50.2 Å². The number of rotatable bonds is 6. The third-order valence-corrected chi connectivity index (χ3v) is 4.26. The molecule has 0 unspecified atom stereocenters. The number of unbranched alkanes of at least 4 members (excludes halogenated alkanes) is 2. The van der Waals surface area contributed by atoms with Crippen LogP contribution in [0.2, 0.25) is 5.02 Å². The van der Waals surface area contributed by atoms with Crippen molar-refractivity contribution < 1.29 is 4.74 Å². The van der Waals surface area contributed by atoms with Gasteiger partial charge in [-0.15, -0.1) is 0 Å². The van der Waals surface area contributed by atoms with E-state index in [0.29, 0.717) is 5.02 Å². The summed E-state index contributed by atoms with van der Waals surface area (Å²) in [6.45, 7) is 7.16. The lowest BCUT2D eigenvalue weighted by Crippen LogP contribution is -2.03. The van der Waals surface area contributed by atoms with E-state index in [2.05, 4.69) is 12.2 Å². The van der Waals surface area contributed by atoms with Gasteiger partial charge in [0.1, 0.15) is 5.75 Å². The summed E-state index contributed by atoms with van der Waals surface area (Å²) in [6, 6.07) is 11.8. The first-order valence-electron chi connectivity index (χ1n) is 9.04. The predicted molar refractivity (Wildman–Crippen MR) is 110 cm³/mol. The minimum Gasteiger partial charge on any atom is -0.497 e. The van der Waals surface area contributed by atoms with E-state index in [9.17, 15) is 0 Å². The molecule has 25 heavy (non-hydrogen) atoms. The van der Waals surface area contributed by atoms with Crippen LogP contribution in [0.15, 0.2) is 36.4 Å². The molecule has 4 heteroatoms. The molecule has 0 aliphatic heterocycles. The van der Waals surface area contributed by atoms with Crippen molar-refractivity contribution in [1.29, 1.82) is 0 Å². The van der Waals surface area contributed by atoms with Crippen molar-refractivity contribution in [3.63, 3.8) is 0 Å². The van der Waals surface area contributed by atoms with Gasteiger partial charge in [0.05, 0.1) is 23.8 Å².